The molecule has 0 saturated carbocycles. The van der Waals surface area contributed by atoms with Gasteiger partial charge in [0.25, 0.3) is 0 Å². The Morgan fingerprint density at radius 3 is 2.71 bits per heavy atom. The number of carbonyl (C=O) groups excluding carboxylic acids is 2. The summed E-state index contributed by atoms with van der Waals surface area (Å²) in [6, 6.07) is 6.40. The number of carbonyl (C=O) groups is 2. The predicted molar refractivity (Wildman–Crippen MR) is 78.8 cm³/mol. The van der Waals surface area contributed by atoms with E-state index in [9.17, 15) is 18.0 Å². The van der Waals surface area contributed by atoms with E-state index >= 15 is 0 Å². The minimum absolute atomic E-state index is 0.0411. The minimum Gasteiger partial charge on any atom is -0.322 e. The second-order valence-electron chi connectivity index (χ2n) is 5.49. The molecule has 3 rings (SSSR count). The standard InChI is InChI=1S/C14H16N2O4S/c1-9-13(17)15-11-4-2-3-5-12(11)16(9)14(18)10-6-7-21(19,20)8-10/h2-5,9-10H,6-8H2,1H3,(H,15,17)/t9-,10+/m1/s1. The van der Waals surface area contributed by atoms with Crippen molar-refractivity contribution < 1.29 is 18.0 Å². The fourth-order valence-corrected chi connectivity index (χ4v) is 4.58. The van der Waals surface area contributed by atoms with Crippen LogP contribution in [0, 0.1) is 5.92 Å². The maximum absolute atomic E-state index is 12.7. The lowest BCUT2D eigenvalue weighted by atomic mass is 10.0. The van der Waals surface area contributed by atoms with E-state index in [0.29, 0.717) is 17.8 Å². The third-order valence-electron chi connectivity index (χ3n) is 4.01. The van der Waals surface area contributed by atoms with E-state index < -0.39 is 21.8 Å². The first-order valence-corrected chi connectivity index (χ1v) is 8.64. The summed E-state index contributed by atoms with van der Waals surface area (Å²) in [5.41, 5.74) is 1.20. The van der Waals surface area contributed by atoms with Gasteiger partial charge in [0, 0.05) is 0 Å². The summed E-state index contributed by atoms with van der Waals surface area (Å²) in [6.45, 7) is 1.65. The number of nitrogens with one attached hydrogen (secondary N) is 1. The van der Waals surface area contributed by atoms with Crippen molar-refractivity contribution in [3.8, 4) is 0 Å². The van der Waals surface area contributed by atoms with Crippen molar-refractivity contribution in [1.82, 2.24) is 0 Å². The van der Waals surface area contributed by atoms with Crippen molar-refractivity contribution in [1.29, 1.82) is 0 Å². The summed E-state index contributed by atoms with van der Waals surface area (Å²) in [5.74, 6) is -1.19. The number of benzene rings is 1. The van der Waals surface area contributed by atoms with Crippen LogP contribution in [0.25, 0.3) is 0 Å². The van der Waals surface area contributed by atoms with Gasteiger partial charge in [-0.2, -0.15) is 0 Å². The number of nitrogens with zero attached hydrogens (tertiary/aromatic N) is 1. The van der Waals surface area contributed by atoms with Crippen LogP contribution in [0.3, 0.4) is 0 Å². The largest absolute Gasteiger partial charge is 0.322 e. The molecular formula is C14H16N2O4S. The highest BCUT2D eigenvalue weighted by molar-refractivity contribution is 7.91. The van der Waals surface area contributed by atoms with Gasteiger partial charge in [0.15, 0.2) is 9.84 Å². The van der Waals surface area contributed by atoms with Gasteiger partial charge in [0.2, 0.25) is 11.8 Å². The predicted octanol–water partition coefficient (Wildman–Crippen LogP) is 0.795. The second kappa shape index (κ2) is 4.84. The highest BCUT2D eigenvalue weighted by atomic mass is 32.2. The lowest BCUT2D eigenvalue weighted by molar-refractivity contribution is -0.125. The van der Waals surface area contributed by atoms with Gasteiger partial charge in [-0.05, 0) is 25.5 Å². The molecule has 21 heavy (non-hydrogen) atoms. The second-order valence-corrected chi connectivity index (χ2v) is 7.72. The molecule has 0 bridgehead atoms. The molecule has 1 aromatic rings. The number of para-hydroxylation sites is 2. The number of amides is 2. The topological polar surface area (TPSA) is 83.6 Å². The van der Waals surface area contributed by atoms with Crippen LogP contribution in [0.5, 0.6) is 0 Å². The molecule has 2 atom stereocenters. The lowest BCUT2D eigenvalue weighted by Gasteiger charge is -2.35. The molecule has 0 aliphatic carbocycles. The van der Waals surface area contributed by atoms with Gasteiger partial charge in [-0.15, -0.1) is 0 Å². The van der Waals surface area contributed by atoms with Gasteiger partial charge in [0.05, 0.1) is 28.8 Å². The Balaban J connectivity index is 1.97. The van der Waals surface area contributed by atoms with E-state index in [4.69, 9.17) is 0 Å². The molecule has 1 saturated heterocycles. The summed E-state index contributed by atoms with van der Waals surface area (Å²) in [7, 11) is -3.14. The van der Waals surface area contributed by atoms with Crippen LogP contribution in [0.15, 0.2) is 24.3 Å². The lowest BCUT2D eigenvalue weighted by Crippen LogP contribution is -2.51. The smallest absolute Gasteiger partial charge is 0.247 e. The van der Waals surface area contributed by atoms with E-state index in [0.717, 1.165) is 0 Å². The van der Waals surface area contributed by atoms with Gasteiger partial charge in [0.1, 0.15) is 6.04 Å². The highest BCUT2D eigenvalue weighted by Crippen LogP contribution is 2.34. The van der Waals surface area contributed by atoms with Crippen molar-refractivity contribution >= 4 is 33.0 Å². The Hall–Kier alpha value is -1.89. The first kappa shape index (κ1) is 14.1. The number of sulfone groups is 1. The van der Waals surface area contributed by atoms with Crippen LogP contribution >= 0.6 is 0 Å². The monoisotopic (exact) mass is 308 g/mol. The molecule has 0 spiro atoms. The maximum Gasteiger partial charge on any atom is 0.247 e. The number of rotatable bonds is 1. The first-order valence-electron chi connectivity index (χ1n) is 6.82. The Morgan fingerprint density at radius 2 is 2.05 bits per heavy atom. The number of fused-ring (bicyclic) bond motifs is 1. The normalized spacial score (nSPS) is 27.1. The highest BCUT2D eigenvalue weighted by Gasteiger charge is 2.41. The molecule has 2 aliphatic heterocycles. The molecular weight excluding hydrogens is 292 g/mol. The summed E-state index contributed by atoms with van der Waals surface area (Å²) in [6.07, 6.45) is 0.328. The summed E-state index contributed by atoms with van der Waals surface area (Å²) < 4.78 is 23.1. The third kappa shape index (κ3) is 2.42. The Kier molecular flexibility index (Phi) is 3.24. The quantitative estimate of drug-likeness (QED) is 0.831. The first-order chi connectivity index (χ1) is 9.89. The van der Waals surface area contributed by atoms with Crippen LogP contribution in [0.2, 0.25) is 0 Å². The molecule has 2 aliphatic rings. The SMILES string of the molecule is C[C@@H]1C(=O)Nc2ccccc2N1C(=O)[C@H]1CCS(=O)(=O)C1. The molecule has 2 amide bonds. The number of hydrogen-bond donors (Lipinski definition) is 1. The fraction of sp³-hybridized carbons (Fsp3) is 0.429. The molecule has 6 nitrogen and oxygen atoms in total. The average molecular weight is 308 g/mol. The zero-order valence-electron chi connectivity index (χ0n) is 11.6. The molecule has 112 valence electrons. The van der Waals surface area contributed by atoms with Gasteiger partial charge in [-0.1, -0.05) is 12.1 Å². The van der Waals surface area contributed by atoms with Crippen molar-refractivity contribution in [2.75, 3.05) is 21.7 Å². The zero-order valence-corrected chi connectivity index (χ0v) is 12.4. The van der Waals surface area contributed by atoms with Gasteiger partial charge in [-0.25, -0.2) is 8.42 Å². The third-order valence-corrected chi connectivity index (χ3v) is 5.78. The summed E-state index contributed by atoms with van der Waals surface area (Å²) >= 11 is 0. The molecule has 1 aromatic carbocycles. The van der Waals surface area contributed by atoms with Gasteiger partial charge in [-0.3, -0.25) is 14.5 Å². The summed E-state index contributed by atoms with van der Waals surface area (Å²) in [5, 5.41) is 2.75. The molecule has 1 N–H and O–H groups in total. The molecule has 2 heterocycles. The maximum atomic E-state index is 12.7. The molecule has 0 unspecified atom stereocenters. The van der Waals surface area contributed by atoms with Crippen LogP contribution in [-0.2, 0) is 19.4 Å². The summed E-state index contributed by atoms with van der Waals surface area (Å²) in [4.78, 5) is 26.1. The van der Waals surface area contributed by atoms with Crippen molar-refractivity contribution in [3.05, 3.63) is 24.3 Å². The zero-order chi connectivity index (χ0) is 15.2. The van der Waals surface area contributed by atoms with Gasteiger partial charge >= 0.3 is 0 Å². The Morgan fingerprint density at radius 1 is 1.33 bits per heavy atom. The van der Waals surface area contributed by atoms with E-state index in [2.05, 4.69) is 5.32 Å². The van der Waals surface area contributed by atoms with Gasteiger partial charge < -0.3 is 5.32 Å². The van der Waals surface area contributed by atoms with E-state index in [1.807, 2.05) is 0 Å². The average Bonchev–Trinajstić information content (AvgIpc) is 2.80. The Bertz CT molecular complexity index is 713. The Labute approximate surface area is 123 Å². The van der Waals surface area contributed by atoms with Crippen molar-refractivity contribution in [2.24, 2.45) is 5.92 Å². The van der Waals surface area contributed by atoms with E-state index in [1.165, 1.54) is 4.90 Å². The van der Waals surface area contributed by atoms with Crippen molar-refractivity contribution in [3.63, 3.8) is 0 Å². The van der Waals surface area contributed by atoms with Crippen LogP contribution in [0.1, 0.15) is 13.3 Å². The van der Waals surface area contributed by atoms with E-state index in [1.54, 1.807) is 31.2 Å². The fourth-order valence-electron chi connectivity index (χ4n) is 2.85. The molecule has 0 aromatic heterocycles. The number of hydrogen-bond acceptors (Lipinski definition) is 4. The molecule has 0 radical (unpaired) electrons. The van der Waals surface area contributed by atoms with E-state index in [-0.39, 0.29) is 23.3 Å². The van der Waals surface area contributed by atoms with Crippen LogP contribution < -0.4 is 10.2 Å². The number of anilines is 2. The van der Waals surface area contributed by atoms with Crippen LogP contribution in [0.4, 0.5) is 11.4 Å². The molecule has 7 heteroatoms. The minimum atomic E-state index is -3.14. The van der Waals surface area contributed by atoms with Crippen molar-refractivity contribution in [2.45, 2.75) is 19.4 Å². The van der Waals surface area contributed by atoms with Crippen LogP contribution in [-0.4, -0.2) is 37.8 Å². The molecule has 1 fully saturated rings.